The van der Waals surface area contributed by atoms with Crippen LogP contribution in [0.3, 0.4) is 0 Å². The smallest absolute Gasteiger partial charge is 0.138 e. The standard InChI is InChI=1S/C14H16ClNO2/c15-11-8-10(9-16)6-7-13(11)18-14-5-3-1-2-4-12(14)17/h6-8,12,14,17H,1-5H2. The Morgan fingerprint density at radius 3 is 2.78 bits per heavy atom. The van der Waals surface area contributed by atoms with Gasteiger partial charge in [0, 0.05) is 0 Å². The average Bonchev–Trinajstić information content (AvgIpc) is 2.57. The summed E-state index contributed by atoms with van der Waals surface area (Å²) in [7, 11) is 0. The summed E-state index contributed by atoms with van der Waals surface area (Å²) in [4.78, 5) is 0. The molecule has 0 radical (unpaired) electrons. The molecule has 96 valence electrons. The number of aliphatic hydroxyl groups is 1. The Morgan fingerprint density at radius 1 is 1.28 bits per heavy atom. The normalized spacial score (nSPS) is 24.1. The van der Waals surface area contributed by atoms with Crippen LogP contribution in [0.5, 0.6) is 5.75 Å². The summed E-state index contributed by atoms with van der Waals surface area (Å²) in [5.74, 6) is 0.543. The highest BCUT2D eigenvalue weighted by molar-refractivity contribution is 6.32. The molecule has 1 fully saturated rings. The predicted octanol–water partition coefficient (Wildman–Crippen LogP) is 3.28. The minimum atomic E-state index is -0.431. The quantitative estimate of drug-likeness (QED) is 0.835. The van der Waals surface area contributed by atoms with Crippen molar-refractivity contribution in [3.05, 3.63) is 28.8 Å². The van der Waals surface area contributed by atoms with E-state index in [-0.39, 0.29) is 6.10 Å². The van der Waals surface area contributed by atoms with Gasteiger partial charge in [0.25, 0.3) is 0 Å². The summed E-state index contributed by atoms with van der Waals surface area (Å²) in [6.45, 7) is 0. The Labute approximate surface area is 112 Å². The number of hydrogen-bond acceptors (Lipinski definition) is 3. The monoisotopic (exact) mass is 265 g/mol. The van der Waals surface area contributed by atoms with Crippen molar-refractivity contribution in [2.24, 2.45) is 0 Å². The van der Waals surface area contributed by atoms with Crippen LogP contribution in [0, 0.1) is 11.3 Å². The molecule has 18 heavy (non-hydrogen) atoms. The van der Waals surface area contributed by atoms with Crippen molar-refractivity contribution in [2.45, 2.75) is 44.3 Å². The largest absolute Gasteiger partial charge is 0.486 e. The van der Waals surface area contributed by atoms with E-state index in [1.54, 1.807) is 18.2 Å². The summed E-state index contributed by atoms with van der Waals surface area (Å²) in [6, 6.07) is 6.98. The fraction of sp³-hybridized carbons (Fsp3) is 0.500. The van der Waals surface area contributed by atoms with Gasteiger partial charge in [-0.05, 0) is 37.5 Å². The van der Waals surface area contributed by atoms with Crippen LogP contribution in [-0.4, -0.2) is 17.3 Å². The summed E-state index contributed by atoms with van der Waals surface area (Å²) in [5, 5.41) is 19.2. The van der Waals surface area contributed by atoms with Crippen molar-refractivity contribution in [3.63, 3.8) is 0 Å². The van der Waals surface area contributed by atoms with E-state index >= 15 is 0 Å². The Morgan fingerprint density at radius 2 is 2.06 bits per heavy atom. The first kappa shape index (κ1) is 13.2. The molecule has 0 heterocycles. The lowest BCUT2D eigenvalue weighted by molar-refractivity contribution is 0.0320. The molecule has 1 N–H and O–H groups in total. The van der Waals surface area contributed by atoms with Crippen LogP contribution in [-0.2, 0) is 0 Å². The zero-order valence-corrected chi connectivity index (χ0v) is 10.9. The maximum Gasteiger partial charge on any atom is 0.138 e. The molecule has 1 aliphatic rings. The lowest BCUT2D eigenvalue weighted by atomic mass is 10.1. The molecule has 0 bridgehead atoms. The molecule has 2 rings (SSSR count). The minimum absolute atomic E-state index is 0.196. The fourth-order valence-corrected chi connectivity index (χ4v) is 2.45. The highest BCUT2D eigenvalue weighted by Gasteiger charge is 2.23. The van der Waals surface area contributed by atoms with Gasteiger partial charge in [0.05, 0.1) is 22.8 Å². The Bertz CT molecular complexity index is 456. The number of hydrogen-bond donors (Lipinski definition) is 1. The van der Waals surface area contributed by atoms with E-state index in [0.29, 0.717) is 16.3 Å². The summed E-state index contributed by atoms with van der Waals surface area (Å²) in [6.07, 6.45) is 4.24. The number of rotatable bonds is 2. The predicted molar refractivity (Wildman–Crippen MR) is 69.7 cm³/mol. The van der Waals surface area contributed by atoms with Crippen molar-refractivity contribution in [2.75, 3.05) is 0 Å². The number of halogens is 1. The molecular formula is C14H16ClNO2. The van der Waals surface area contributed by atoms with Gasteiger partial charge in [-0.3, -0.25) is 0 Å². The minimum Gasteiger partial charge on any atom is -0.486 e. The molecule has 1 saturated carbocycles. The summed E-state index contributed by atoms with van der Waals surface area (Å²) < 4.78 is 5.79. The van der Waals surface area contributed by atoms with E-state index < -0.39 is 6.10 Å². The van der Waals surface area contributed by atoms with Gasteiger partial charge in [-0.25, -0.2) is 0 Å². The van der Waals surface area contributed by atoms with Gasteiger partial charge in [-0.15, -0.1) is 0 Å². The first-order chi connectivity index (χ1) is 8.70. The number of benzene rings is 1. The van der Waals surface area contributed by atoms with E-state index in [9.17, 15) is 5.11 Å². The maximum atomic E-state index is 9.98. The average molecular weight is 266 g/mol. The molecule has 2 atom stereocenters. The molecule has 0 spiro atoms. The van der Waals surface area contributed by atoms with Crippen LogP contribution < -0.4 is 4.74 Å². The molecule has 1 aromatic rings. The van der Waals surface area contributed by atoms with Crippen molar-refractivity contribution in [1.29, 1.82) is 5.26 Å². The van der Waals surface area contributed by atoms with Crippen molar-refractivity contribution < 1.29 is 9.84 Å². The van der Waals surface area contributed by atoms with Gasteiger partial charge in [0.2, 0.25) is 0 Å². The molecule has 3 nitrogen and oxygen atoms in total. The Kier molecular flexibility index (Phi) is 4.46. The fourth-order valence-electron chi connectivity index (χ4n) is 2.22. The molecule has 1 aromatic carbocycles. The van der Waals surface area contributed by atoms with Crippen molar-refractivity contribution in [3.8, 4) is 11.8 Å². The highest BCUT2D eigenvalue weighted by Crippen LogP contribution is 2.29. The van der Waals surface area contributed by atoms with Gasteiger partial charge in [0.15, 0.2) is 0 Å². The molecule has 0 aromatic heterocycles. The number of nitrogens with zero attached hydrogens (tertiary/aromatic N) is 1. The second kappa shape index (κ2) is 6.08. The number of nitriles is 1. The third kappa shape index (κ3) is 3.16. The first-order valence-corrected chi connectivity index (χ1v) is 6.63. The summed E-state index contributed by atoms with van der Waals surface area (Å²) >= 11 is 6.06. The lowest BCUT2D eigenvalue weighted by Crippen LogP contribution is -2.30. The van der Waals surface area contributed by atoms with E-state index in [0.717, 1.165) is 32.1 Å². The highest BCUT2D eigenvalue weighted by atomic mass is 35.5. The van der Waals surface area contributed by atoms with Crippen LogP contribution in [0.1, 0.15) is 37.7 Å². The zero-order valence-electron chi connectivity index (χ0n) is 10.1. The van der Waals surface area contributed by atoms with Crippen LogP contribution in [0.25, 0.3) is 0 Å². The van der Waals surface area contributed by atoms with Crippen LogP contribution in [0.2, 0.25) is 5.02 Å². The van der Waals surface area contributed by atoms with Gasteiger partial charge in [-0.2, -0.15) is 5.26 Å². The summed E-state index contributed by atoms with van der Waals surface area (Å²) in [5.41, 5.74) is 0.508. The van der Waals surface area contributed by atoms with Crippen LogP contribution >= 0.6 is 11.6 Å². The van der Waals surface area contributed by atoms with Gasteiger partial charge in [0.1, 0.15) is 11.9 Å². The maximum absolute atomic E-state index is 9.98. The molecule has 1 aliphatic carbocycles. The third-order valence-corrected chi connectivity index (χ3v) is 3.55. The molecule has 0 aliphatic heterocycles. The second-order valence-corrected chi connectivity index (χ2v) is 5.03. The SMILES string of the molecule is N#Cc1ccc(OC2CCCCCC2O)c(Cl)c1. The van der Waals surface area contributed by atoms with Gasteiger partial charge in [-0.1, -0.05) is 24.4 Å². The lowest BCUT2D eigenvalue weighted by Gasteiger charge is -2.22. The molecule has 4 heteroatoms. The molecule has 2 unspecified atom stereocenters. The van der Waals surface area contributed by atoms with Crippen LogP contribution in [0.4, 0.5) is 0 Å². The first-order valence-electron chi connectivity index (χ1n) is 6.25. The zero-order chi connectivity index (χ0) is 13.0. The second-order valence-electron chi connectivity index (χ2n) is 4.62. The van der Waals surface area contributed by atoms with E-state index in [2.05, 4.69) is 0 Å². The van der Waals surface area contributed by atoms with Crippen LogP contribution in [0.15, 0.2) is 18.2 Å². The van der Waals surface area contributed by atoms with Crippen molar-refractivity contribution in [1.82, 2.24) is 0 Å². The molecular weight excluding hydrogens is 250 g/mol. The molecule has 0 amide bonds. The van der Waals surface area contributed by atoms with Crippen molar-refractivity contribution >= 4 is 11.6 Å². The number of aliphatic hydroxyl groups excluding tert-OH is 1. The van der Waals surface area contributed by atoms with E-state index in [1.165, 1.54) is 0 Å². The van der Waals surface area contributed by atoms with E-state index in [1.807, 2.05) is 6.07 Å². The van der Waals surface area contributed by atoms with Gasteiger partial charge < -0.3 is 9.84 Å². The Hall–Kier alpha value is -1.24. The Balaban J connectivity index is 2.10. The van der Waals surface area contributed by atoms with E-state index in [4.69, 9.17) is 21.6 Å². The topological polar surface area (TPSA) is 53.2 Å². The van der Waals surface area contributed by atoms with Gasteiger partial charge >= 0.3 is 0 Å². The third-order valence-electron chi connectivity index (χ3n) is 3.26. The molecule has 0 saturated heterocycles. The number of ether oxygens (including phenoxy) is 1.